The number of pyridine rings is 1. The number of hydrogen-bond acceptors (Lipinski definition) is 6. The van der Waals surface area contributed by atoms with Crippen LogP contribution >= 0.6 is 11.6 Å². The van der Waals surface area contributed by atoms with Crippen molar-refractivity contribution in [2.75, 3.05) is 0 Å². The number of carbonyl (C=O) groups excluding carboxylic acids is 1. The molecule has 0 amide bonds. The Labute approximate surface area is 176 Å². The molecule has 0 fully saturated rings. The van der Waals surface area contributed by atoms with Crippen LogP contribution in [0.4, 0.5) is 0 Å². The molecule has 152 valence electrons. The van der Waals surface area contributed by atoms with Crippen LogP contribution in [0.1, 0.15) is 33.0 Å². The molecule has 0 N–H and O–H groups in total. The number of aryl methyl sites for hydroxylation is 3. The van der Waals surface area contributed by atoms with Crippen LogP contribution in [0.25, 0.3) is 16.8 Å². The van der Waals surface area contributed by atoms with Gasteiger partial charge in [0, 0.05) is 22.7 Å². The van der Waals surface area contributed by atoms with Crippen LogP contribution in [0.3, 0.4) is 0 Å². The van der Waals surface area contributed by atoms with Gasteiger partial charge in [-0.1, -0.05) is 23.7 Å². The zero-order valence-electron chi connectivity index (χ0n) is 16.6. The van der Waals surface area contributed by atoms with Gasteiger partial charge in [0.1, 0.15) is 12.2 Å². The Hall–Kier alpha value is -3.45. The van der Waals surface area contributed by atoms with Crippen LogP contribution in [0, 0.1) is 20.8 Å². The molecule has 0 aliphatic rings. The third kappa shape index (κ3) is 3.84. The number of rotatable bonds is 4. The summed E-state index contributed by atoms with van der Waals surface area (Å²) in [6.07, 6.45) is 0. The standard InChI is InChI=1S/C22H18ClN3O4/c1-12-4-5-16-15(10-20(27)30-18(16)8-12)11-29-22(28)21-17(23)6-7-19(24-21)26-14(3)9-13(2)25-26/h4-10H,11H2,1-3H3. The summed E-state index contributed by atoms with van der Waals surface area (Å²) in [7, 11) is 0. The Morgan fingerprint density at radius 1 is 1.13 bits per heavy atom. The van der Waals surface area contributed by atoms with Crippen molar-refractivity contribution in [3.8, 4) is 5.82 Å². The average molecular weight is 424 g/mol. The lowest BCUT2D eigenvalue weighted by Gasteiger charge is -2.10. The molecule has 0 unspecified atom stereocenters. The topological polar surface area (TPSA) is 87.2 Å². The lowest BCUT2D eigenvalue weighted by atomic mass is 10.1. The van der Waals surface area contributed by atoms with E-state index in [0.717, 1.165) is 17.0 Å². The number of esters is 1. The highest BCUT2D eigenvalue weighted by Crippen LogP contribution is 2.22. The minimum atomic E-state index is -0.697. The van der Waals surface area contributed by atoms with Gasteiger partial charge in [-0.25, -0.2) is 19.3 Å². The third-order valence-electron chi connectivity index (χ3n) is 4.60. The molecular formula is C22H18ClN3O4. The van der Waals surface area contributed by atoms with E-state index in [0.29, 0.717) is 22.4 Å². The maximum absolute atomic E-state index is 12.7. The summed E-state index contributed by atoms with van der Waals surface area (Å²) in [5, 5.41) is 5.23. The van der Waals surface area contributed by atoms with Crippen molar-refractivity contribution in [3.05, 3.63) is 86.1 Å². The minimum absolute atomic E-state index is 0.0233. The van der Waals surface area contributed by atoms with Crippen LogP contribution in [-0.4, -0.2) is 20.7 Å². The van der Waals surface area contributed by atoms with E-state index in [1.54, 1.807) is 22.9 Å². The highest BCUT2D eigenvalue weighted by atomic mass is 35.5. The lowest BCUT2D eigenvalue weighted by molar-refractivity contribution is 0.0467. The van der Waals surface area contributed by atoms with Crippen molar-refractivity contribution in [2.24, 2.45) is 0 Å². The van der Waals surface area contributed by atoms with Crippen LogP contribution in [0.15, 0.2) is 51.7 Å². The monoisotopic (exact) mass is 423 g/mol. The maximum Gasteiger partial charge on any atom is 0.358 e. The van der Waals surface area contributed by atoms with Crippen LogP contribution in [-0.2, 0) is 11.3 Å². The van der Waals surface area contributed by atoms with Crippen molar-refractivity contribution < 1.29 is 13.9 Å². The second-order valence-corrected chi connectivity index (χ2v) is 7.41. The summed E-state index contributed by atoms with van der Waals surface area (Å²) in [6.45, 7) is 5.54. The Morgan fingerprint density at radius 2 is 1.93 bits per heavy atom. The maximum atomic E-state index is 12.7. The zero-order chi connectivity index (χ0) is 21.4. The Kier molecular flexibility index (Phi) is 5.13. The fraction of sp³-hybridized carbons (Fsp3) is 0.182. The predicted molar refractivity (Wildman–Crippen MR) is 112 cm³/mol. The van der Waals surface area contributed by atoms with Gasteiger partial charge < -0.3 is 9.15 Å². The first-order valence-corrected chi connectivity index (χ1v) is 9.60. The van der Waals surface area contributed by atoms with Crippen LogP contribution in [0.5, 0.6) is 0 Å². The predicted octanol–water partition coefficient (Wildman–Crippen LogP) is 4.31. The Bertz CT molecular complexity index is 1340. The summed E-state index contributed by atoms with van der Waals surface area (Å²) < 4.78 is 12.3. The number of benzene rings is 1. The molecule has 0 saturated carbocycles. The molecule has 4 rings (SSSR count). The fourth-order valence-electron chi connectivity index (χ4n) is 3.22. The van der Waals surface area contributed by atoms with Gasteiger partial charge >= 0.3 is 11.6 Å². The Balaban J connectivity index is 1.62. The highest BCUT2D eigenvalue weighted by molar-refractivity contribution is 6.33. The van der Waals surface area contributed by atoms with E-state index in [1.807, 2.05) is 39.0 Å². The second kappa shape index (κ2) is 7.76. The van der Waals surface area contributed by atoms with E-state index in [1.165, 1.54) is 6.07 Å². The highest BCUT2D eigenvalue weighted by Gasteiger charge is 2.18. The fourth-order valence-corrected chi connectivity index (χ4v) is 3.40. The van der Waals surface area contributed by atoms with Crippen molar-refractivity contribution in [1.82, 2.24) is 14.8 Å². The molecule has 7 nitrogen and oxygen atoms in total. The molecule has 0 saturated heterocycles. The molecule has 3 aromatic heterocycles. The first-order chi connectivity index (χ1) is 14.3. The number of nitrogens with zero attached hydrogens (tertiary/aromatic N) is 3. The first-order valence-electron chi connectivity index (χ1n) is 9.22. The van der Waals surface area contributed by atoms with Gasteiger partial charge in [0.15, 0.2) is 11.5 Å². The molecule has 8 heteroatoms. The van der Waals surface area contributed by atoms with Crippen molar-refractivity contribution in [3.63, 3.8) is 0 Å². The zero-order valence-corrected chi connectivity index (χ0v) is 17.4. The SMILES string of the molecule is Cc1ccc2c(COC(=O)c3nc(-n4nc(C)cc4C)ccc3Cl)cc(=O)oc2c1. The van der Waals surface area contributed by atoms with E-state index in [-0.39, 0.29) is 17.3 Å². The number of halogens is 1. The summed E-state index contributed by atoms with van der Waals surface area (Å²) in [5.74, 6) is -0.241. The van der Waals surface area contributed by atoms with Crippen molar-refractivity contribution in [1.29, 1.82) is 0 Å². The summed E-state index contributed by atoms with van der Waals surface area (Å²) in [5.41, 5.74) is 3.11. The van der Waals surface area contributed by atoms with Gasteiger partial charge in [0.25, 0.3) is 0 Å². The average Bonchev–Trinajstić information content (AvgIpc) is 3.03. The number of fused-ring (bicyclic) bond motifs is 1. The Morgan fingerprint density at radius 3 is 2.67 bits per heavy atom. The van der Waals surface area contributed by atoms with Crippen molar-refractivity contribution in [2.45, 2.75) is 27.4 Å². The van der Waals surface area contributed by atoms with Crippen LogP contribution < -0.4 is 5.63 Å². The molecule has 4 aromatic rings. The van der Waals surface area contributed by atoms with Gasteiger partial charge in [0.05, 0.1) is 10.7 Å². The van der Waals surface area contributed by atoms with Gasteiger partial charge in [0.2, 0.25) is 0 Å². The smallest absolute Gasteiger partial charge is 0.358 e. The molecule has 0 radical (unpaired) electrons. The van der Waals surface area contributed by atoms with E-state index in [2.05, 4.69) is 10.1 Å². The molecule has 0 atom stereocenters. The van der Waals surface area contributed by atoms with E-state index < -0.39 is 11.6 Å². The second-order valence-electron chi connectivity index (χ2n) is 7.01. The van der Waals surface area contributed by atoms with E-state index in [4.69, 9.17) is 20.8 Å². The molecule has 0 aliphatic heterocycles. The minimum Gasteiger partial charge on any atom is -0.456 e. The van der Waals surface area contributed by atoms with Crippen molar-refractivity contribution >= 4 is 28.5 Å². The van der Waals surface area contributed by atoms with Gasteiger partial charge in [-0.05, 0) is 50.6 Å². The molecular weight excluding hydrogens is 406 g/mol. The lowest BCUT2D eigenvalue weighted by Crippen LogP contribution is -2.12. The molecule has 30 heavy (non-hydrogen) atoms. The number of ether oxygens (including phenoxy) is 1. The van der Waals surface area contributed by atoms with Crippen LogP contribution in [0.2, 0.25) is 5.02 Å². The first kappa shape index (κ1) is 19.8. The summed E-state index contributed by atoms with van der Waals surface area (Å²) in [4.78, 5) is 28.9. The van der Waals surface area contributed by atoms with Gasteiger partial charge in [-0.2, -0.15) is 5.10 Å². The normalized spacial score (nSPS) is 11.1. The molecule has 0 bridgehead atoms. The van der Waals surface area contributed by atoms with E-state index >= 15 is 0 Å². The molecule has 3 heterocycles. The summed E-state index contributed by atoms with van der Waals surface area (Å²) in [6, 6.07) is 11.9. The third-order valence-corrected chi connectivity index (χ3v) is 4.90. The number of aromatic nitrogens is 3. The summed E-state index contributed by atoms with van der Waals surface area (Å²) >= 11 is 6.18. The quantitative estimate of drug-likeness (QED) is 0.359. The van der Waals surface area contributed by atoms with E-state index in [9.17, 15) is 9.59 Å². The largest absolute Gasteiger partial charge is 0.456 e. The molecule has 0 aliphatic carbocycles. The molecule has 1 aromatic carbocycles. The molecule has 0 spiro atoms. The van der Waals surface area contributed by atoms with Gasteiger partial charge in [-0.15, -0.1) is 0 Å². The van der Waals surface area contributed by atoms with Gasteiger partial charge in [-0.3, -0.25) is 0 Å². The number of hydrogen-bond donors (Lipinski definition) is 0. The number of carbonyl (C=O) groups is 1.